The first-order valence-electron chi connectivity index (χ1n) is 11.8. The lowest BCUT2D eigenvalue weighted by Crippen LogP contribution is -2.49. The van der Waals surface area contributed by atoms with Gasteiger partial charge in [-0.3, -0.25) is 9.59 Å². The minimum absolute atomic E-state index is 0.0944. The Bertz CT molecular complexity index is 1350. The average Bonchev–Trinajstić information content (AvgIpc) is 3.25. The zero-order valence-corrected chi connectivity index (χ0v) is 20.4. The number of hydrogen-bond acceptors (Lipinski definition) is 4. The molecule has 0 aliphatic rings. The van der Waals surface area contributed by atoms with Crippen LogP contribution < -0.4 is 15.0 Å². The summed E-state index contributed by atoms with van der Waals surface area (Å²) in [5, 5.41) is 3.87. The number of carbonyl (C=O) groups excluding carboxylic acids is 3. The standard InChI is InChI=1S/C29H29N3O4/c1-31(23-12-14-24(36-2)15-13-23)29(35)26(18-21-8-4-3-5-9-21)30-28(34)19-22-20-32(16-17-33)27-11-7-6-10-25(22)27/h3-15,17,20,26H,16,18-19H2,1-2H3,(H,30,34). The van der Waals surface area contributed by atoms with Gasteiger partial charge in [-0.25, -0.2) is 0 Å². The van der Waals surface area contributed by atoms with Crippen LogP contribution in [0.15, 0.2) is 85.1 Å². The molecule has 4 rings (SSSR count). The van der Waals surface area contributed by atoms with E-state index in [-0.39, 0.29) is 24.8 Å². The van der Waals surface area contributed by atoms with Gasteiger partial charge in [0.2, 0.25) is 11.8 Å². The van der Waals surface area contributed by atoms with Gasteiger partial charge >= 0.3 is 0 Å². The zero-order valence-electron chi connectivity index (χ0n) is 20.4. The molecule has 1 N–H and O–H groups in total. The number of para-hydroxylation sites is 1. The maximum atomic E-state index is 13.5. The second-order valence-corrected chi connectivity index (χ2v) is 8.57. The molecule has 0 saturated heterocycles. The first-order chi connectivity index (χ1) is 17.5. The fraction of sp³-hybridized carbons (Fsp3) is 0.207. The highest BCUT2D eigenvalue weighted by molar-refractivity contribution is 5.99. The smallest absolute Gasteiger partial charge is 0.249 e. The predicted octanol–water partition coefficient (Wildman–Crippen LogP) is 3.78. The number of aldehydes is 1. The molecule has 7 heteroatoms. The van der Waals surface area contributed by atoms with Gasteiger partial charge in [0.25, 0.3) is 0 Å². The largest absolute Gasteiger partial charge is 0.497 e. The normalized spacial score (nSPS) is 11.6. The number of nitrogens with zero attached hydrogens (tertiary/aromatic N) is 2. The molecule has 0 radical (unpaired) electrons. The molecule has 3 aromatic carbocycles. The Morgan fingerprint density at radius 1 is 1.00 bits per heavy atom. The minimum atomic E-state index is -0.754. The van der Waals surface area contributed by atoms with E-state index in [2.05, 4.69) is 5.32 Å². The lowest BCUT2D eigenvalue weighted by molar-refractivity contribution is -0.127. The molecule has 184 valence electrons. The van der Waals surface area contributed by atoms with Crippen molar-refractivity contribution in [3.8, 4) is 5.75 Å². The first-order valence-corrected chi connectivity index (χ1v) is 11.8. The highest BCUT2D eigenvalue weighted by Crippen LogP contribution is 2.22. The van der Waals surface area contributed by atoms with Gasteiger partial charge in [-0.2, -0.15) is 0 Å². The van der Waals surface area contributed by atoms with Crippen LogP contribution in [0.5, 0.6) is 5.75 Å². The molecule has 2 amide bonds. The molecular formula is C29H29N3O4. The van der Waals surface area contributed by atoms with Crippen LogP contribution in [0.3, 0.4) is 0 Å². The number of amides is 2. The van der Waals surface area contributed by atoms with Crippen molar-refractivity contribution in [3.05, 3.63) is 96.2 Å². The van der Waals surface area contributed by atoms with Crippen LogP contribution in [0.4, 0.5) is 5.69 Å². The molecule has 0 fully saturated rings. The molecule has 0 spiro atoms. The fourth-order valence-corrected chi connectivity index (χ4v) is 4.33. The van der Waals surface area contributed by atoms with Gasteiger partial charge in [0.05, 0.1) is 20.1 Å². The third-order valence-corrected chi connectivity index (χ3v) is 6.20. The third kappa shape index (κ3) is 5.63. The van der Waals surface area contributed by atoms with Gasteiger partial charge in [0, 0.05) is 36.3 Å². The number of likely N-dealkylation sites (N-methyl/N-ethyl adjacent to an activating group) is 1. The molecule has 0 bridgehead atoms. The Labute approximate surface area is 210 Å². The molecule has 0 aliphatic carbocycles. The zero-order chi connectivity index (χ0) is 25.5. The van der Waals surface area contributed by atoms with E-state index in [1.54, 1.807) is 43.3 Å². The van der Waals surface area contributed by atoms with Crippen molar-refractivity contribution < 1.29 is 19.1 Å². The Balaban J connectivity index is 1.56. The lowest BCUT2D eigenvalue weighted by Gasteiger charge is -2.25. The SMILES string of the molecule is COc1ccc(N(C)C(=O)C(Cc2ccccc2)NC(=O)Cc2cn(CC=O)c3ccccc23)cc1. The maximum absolute atomic E-state index is 13.5. The Hall–Kier alpha value is -4.39. The second kappa shape index (κ2) is 11.4. The van der Waals surface area contributed by atoms with Crippen molar-refractivity contribution in [1.29, 1.82) is 0 Å². The second-order valence-electron chi connectivity index (χ2n) is 8.57. The van der Waals surface area contributed by atoms with Gasteiger partial charge in [-0.05, 0) is 41.5 Å². The van der Waals surface area contributed by atoms with E-state index >= 15 is 0 Å². The van der Waals surface area contributed by atoms with Crippen LogP contribution in [0.2, 0.25) is 0 Å². The molecule has 7 nitrogen and oxygen atoms in total. The van der Waals surface area contributed by atoms with E-state index in [4.69, 9.17) is 4.74 Å². The van der Waals surface area contributed by atoms with Crippen LogP contribution in [-0.4, -0.2) is 42.9 Å². The number of carbonyl (C=O) groups is 3. The number of ether oxygens (including phenoxy) is 1. The summed E-state index contributed by atoms with van der Waals surface area (Å²) in [4.78, 5) is 39.4. The van der Waals surface area contributed by atoms with Crippen LogP contribution in [0, 0.1) is 0 Å². The topological polar surface area (TPSA) is 80.6 Å². The van der Waals surface area contributed by atoms with Crippen LogP contribution >= 0.6 is 0 Å². The maximum Gasteiger partial charge on any atom is 0.249 e. The summed E-state index contributed by atoms with van der Waals surface area (Å²) in [5.41, 5.74) is 3.34. The Kier molecular flexibility index (Phi) is 7.80. The molecule has 1 atom stereocenters. The van der Waals surface area contributed by atoms with Crippen LogP contribution in [0.1, 0.15) is 11.1 Å². The molecular weight excluding hydrogens is 454 g/mol. The summed E-state index contributed by atoms with van der Waals surface area (Å²) in [7, 11) is 3.28. The van der Waals surface area contributed by atoms with Crippen molar-refractivity contribution in [3.63, 3.8) is 0 Å². The highest BCUT2D eigenvalue weighted by atomic mass is 16.5. The average molecular weight is 484 g/mol. The van der Waals surface area contributed by atoms with Crippen molar-refractivity contribution >= 4 is 34.7 Å². The fourth-order valence-electron chi connectivity index (χ4n) is 4.33. The number of hydrogen-bond donors (Lipinski definition) is 1. The monoisotopic (exact) mass is 483 g/mol. The van der Waals surface area contributed by atoms with E-state index in [0.717, 1.165) is 28.3 Å². The number of rotatable bonds is 10. The molecule has 0 aliphatic heterocycles. The minimum Gasteiger partial charge on any atom is -0.497 e. The summed E-state index contributed by atoms with van der Waals surface area (Å²) >= 11 is 0. The molecule has 1 unspecified atom stereocenters. The summed E-state index contributed by atoms with van der Waals surface area (Å²) < 4.78 is 7.04. The first kappa shape index (κ1) is 24.7. The highest BCUT2D eigenvalue weighted by Gasteiger charge is 2.26. The number of fused-ring (bicyclic) bond motifs is 1. The van der Waals surface area contributed by atoms with Crippen molar-refractivity contribution in [2.75, 3.05) is 19.1 Å². The molecule has 4 aromatic rings. The summed E-state index contributed by atoms with van der Waals surface area (Å²) in [6.07, 6.45) is 3.12. The van der Waals surface area contributed by atoms with E-state index in [1.807, 2.05) is 65.4 Å². The van der Waals surface area contributed by atoms with E-state index in [1.165, 1.54) is 0 Å². The van der Waals surface area contributed by atoms with E-state index in [9.17, 15) is 14.4 Å². The van der Waals surface area contributed by atoms with Crippen LogP contribution in [-0.2, 0) is 33.8 Å². The van der Waals surface area contributed by atoms with Gasteiger partial charge in [-0.1, -0.05) is 48.5 Å². The number of nitrogens with one attached hydrogen (secondary N) is 1. The van der Waals surface area contributed by atoms with Gasteiger partial charge in [0.15, 0.2) is 0 Å². The van der Waals surface area contributed by atoms with Gasteiger partial charge in [0.1, 0.15) is 18.1 Å². The number of anilines is 1. The predicted molar refractivity (Wildman–Crippen MR) is 140 cm³/mol. The van der Waals surface area contributed by atoms with Gasteiger partial charge in [-0.15, -0.1) is 0 Å². The van der Waals surface area contributed by atoms with Crippen molar-refractivity contribution in [1.82, 2.24) is 9.88 Å². The Morgan fingerprint density at radius 2 is 1.69 bits per heavy atom. The van der Waals surface area contributed by atoms with Crippen LogP contribution in [0.25, 0.3) is 10.9 Å². The number of benzene rings is 3. The lowest BCUT2D eigenvalue weighted by atomic mass is 10.0. The number of aromatic nitrogens is 1. The Morgan fingerprint density at radius 3 is 2.39 bits per heavy atom. The molecule has 1 heterocycles. The molecule has 1 aromatic heterocycles. The third-order valence-electron chi connectivity index (χ3n) is 6.20. The summed E-state index contributed by atoms with van der Waals surface area (Å²) in [5.74, 6) is 0.213. The summed E-state index contributed by atoms with van der Waals surface area (Å²) in [6, 6.07) is 23.7. The van der Waals surface area contributed by atoms with E-state index < -0.39 is 6.04 Å². The summed E-state index contributed by atoms with van der Waals surface area (Å²) in [6.45, 7) is 0.212. The van der Waals surface area contributed by atoms with Crippen molar-refractivity contribution in [2.45, 2.75) is 25.4 Å². The molecule has 0 saturated carbocycles. The van der Waals surface area contributed by atoms with Crippen molar-refractivity contribution in [2.24, 2.45) is 0 Å². The van der Waals surface area contributed by atoms with E-state index in [0.29, 0.717) is 17.9 Å². The quantitative estimate of drug-likeness (QED) is 0.348. The van der Waals surface area contributed by atoms with Gasteiger partial charge < -0.3 is 24.3 Å². The number of methoxy groups -OCH3 is 1. The molecule has 36 heavy (non-hydrogen) atoms.